The average molecular weight is 366 g/mol. The van der Waals surface area contributed by atoms with Gasteiger partial charge >= 0.3 is 0 Å². The van der Waals surface area contributed by atoms with Crippen molar-refractivity contribution >= 4 is 17.6 Å². The molecule has 1 heterocycles. The highest BCUT2D eigenvalue weighted by molar-refractivity contribution is 6.32. The Balaban J connectivity index is 1.74. The molecule has 6 heteroatoms. The number of hydrogen-bond donors (Lipinski definition) is 2. The maximum absolute atomic E-state index is 6.16. The summed E-state index contributed by atoms with van der Waals surface area (Å²) in [7, 11) is 1.78. The monoisotopic (exact) mass is 365 g/mol. The Hall–Kier alpha value is -1.72. The van der Waals surface area contributed by atoms with Crippen LogP contribution in [0.4, 0.5) is 0 Å². The van der Waals surface area contributed by atoms with Crippen molar-refractivity contribution in [3.63, 3.8) is 0 Å². The fraction of sp³-hybridized carbons (Fsp3) is 0.526. The fourth-order valence-electron chi connectivity index (χ4n) is 2.55. The van der Waals surface area contributed by atoms with Crippen LogP contribution in [0, 0.1) is 0 Å². The number of halogens is 1. The molecule has 0 spiro atoms. The van der Waals surface area contributed by atoms with Crippen molar-refractivity contribution in [2.24, 2.45) is 4.99 Å². The number of guanidine groups is 1. The smallest absolute Gasteiger partial charge is 0.191 e. The van der Waals surface area contributed by atoms with E-state index in [0.29, 0.717) is 17.3 Å². The van der Waals surface area contributed by atoms with Crippen LogP contribution in [0.3, 0.4) is 0 Å². The molecule has 5 nitrogen and oxygen atoms in total. The molecule has 2 N–H and O–H groups in total. The zero-order valence-electron chi connectivity index (χ0n) is 15.1. The minimum atomic E-state index is 0.0247. The van der Waals surface area contributed by atoms with E-state index < -0.39 is 0 Å². The number of hydrogen-bond acceptors (Lipinski definition) is 3. The van der Waals surface area contributed by atoms with E-state index in [4.69, 9.17) is 21.1 Å². The van der Waals surface area contributed by atoms with Gasteiger partial charge in [-0.1, -0.05) is 42.3 Å². The van der Waals surface area contributed by atoms with Gasteiger partial charge in [-0.3, -0.25) is 4.99 Å². The van der Waals surface area contributed by atoms with E-state index in [-0.39, 0.29) is 6.10 Å². The molecule has 2 rings (SSSR count). The molecule has 138 valence electrons. The molecule has 0 bridgehead atoms. The van der Waals surface area contributed by atoms with Gasteiger partial charge in [0.25, 0.3) is 0 Å². The van der Waals surface area contributed by atoms with Crippen molar-refractivity contribution in [3.05, 3.63) is 40.9 Å². The molecule has 1 atom stereocenters. The molecule has 0 saturated carbocycles. The largest absolute Gasteiger partial charge is 0.487 e. The first-order valence-corrected chi connectivity index (χ1v) is 9.22. The first kappa shape index (κ1) is 19.6. The van der Waals surface area contributed by atoms with Crippen molar-refractivity contribution in [1.82, 2.24) is 10.6 Å². The van der Waals surface area contributed by atoms with Gasteiger partial charge < -0.3 is 20.1 Å². The molecule has 0 fully saturated rings. The summed E-state index contributed by atoms with van der Waals surface area (Å²) in [5, 5.41) is 7.30. The number of para-hydroxylation sites is 1. The molecule has 0 radical (unpaired) electrons. The summed E-state index contributed by atoms with van der Waals surface area (Å²) in [6.45, 7) is 5.18. The molecular weight excluding hydrogens is 338 g/mol. The second-order valence-electron chi connectivity index (χ2n) is 5.90. The van der Waals surface area contributed by atoms with Crippen LogP contribution in [0.1, 0.15) is 26.2 Å². The molecular formula is C19H28ClN3O2. The van der Waals surface area contributed by atoms with Crippen LogP contribution in [0.5, 0.6) is 5.75 Å². The number of nitrogens with zero attached hydrogens (tertiary/aromatic N) is 1. The van der Waals surface area contributed by atoms with E-state index in [9.17, 15) is 0 Å². The summed E-state index contributed by atoms with van der Waals surface area (Å²) in [5.74, 6) is 1.50. The van der Waals surface area contributed by atoms with Gasteiger partial charge in [-0.15, -0.1) is 0 Å². The number of nitrogens with one attached hydrogen (secondary N) is 2. The summed E-state index contributed by atoms with van der Waals surface area (Å²) >= 11 is 6.16. The van der Waals surface area contributed by atoms with Crippen LogP contribution >= 0.6 is 11.6 Å². The third-order valence-corrected chi connectivity index (χ3v) is 4.41. The number of benzene rings is 1. The van der Waals surface area contributed by atoms with Crippen LogP contribution in [0.15, 0.2) is 40.9 Å². The van der Waals surface area contributed by atoms with Gasteiger partial charge in [0.15, 0.2) is 5.96 Å². The quantitative estimate of drug-likeness (QED) is 0.421. The van der Waals surface area contributed by atoms with Gasteiger partial charge in [-0.05, 0) is 31.4 Å². The predicted octanol–water partition coefficient (Wildman–Crippen LogP) is 3.40. The van der Waals surface area contributed by atoms with Gasteiger partial charge in [-0.25, -0.2) is 0 Å². The molecule has 1 aromatic carbocycles. The molecule has 0 aliphatic carbocycles. The maximum atomic E-state index is 6.16. The van der Waals surface area contributed by atoms with Gasteiger partial charge in [-0.2, -0.15) is 0 Å². The van der Waals surface area contributed by atoms with E-state index in [1.165, 1.54) is 5.57 Å². The lowest BCUT2D eigenvalue weighted by Gasteiger charge is -2.21. The van der Waals surface area contributed by atoms with E-state index in [1.807, 2.05) is 24.3 Å². The zero-order chi connectivity index (χ0) is 17.9. The Morgan fingerprint density at radius 1 is 1.36 bits per heavy atom. The van der Waals surface area contributed by atoms with Crippen LogP contribution in [-0.2, 0) is 4.74 Å². The molecule has 1 unspecified atom stereocenters. The van der Waals surface area contributed by atoms with E-state index >= 15 is 0 Å². The molecule has 1 aromatic rings. The summed E-state index contributed by atoms with van der Waals surface area (Å²) < 4.78 is 11.3. The summed E-state index contributed by atoms with van der Waals surface area (Å²) in [4.78, 5) is 4.27. The Morgan fingerprint density at radius 3 is 2.88 bits per heavy atom. The number of rotatable bonds is 8. The number of ether oxygens (including phenoxy) is 2. The first-order chi connectivity index (χ1) is 12.2. The third-order valence-electron chi connectivity index (χ3n) is 4.10. The zero-order valence-corrected chi connectivity index (χ0v) is 15.8. The van der Waals surface area contributed by atoms with E-state index in [2.05, 4.69) is 28.6 Å². The molecule has 0 amide bonds. The molecule has 0 aromatic heterocycles. The SMILES string of the molecule is CCC(CNC(=NC)NCCC1=CCOCC1)Oc1ccccc1Cl. The highest BCUT2D eigenvalue weighted by atomic mass is 35.5. The van der Waals surface area contributed by atoms with Crippen molar-refractivity contribution in [3.8, 4) is 5.75 Å². The van der Waals surface area contributed by atoms with Gasteiger partial charge in [0.05, 0.1) is 24.8 Å². The normalized spacial score (nSPS) is 16.1. The summed E-state index contributed by atoms with van der Waals surface area (Å²) in [6.07, 6.45) is 5.11. The summed E-state index contributed by atoms with van der Waals surface area (Å²) in [5.41, 5.74) is 1.45. The molecule has 0 saturated heterocycles. The standard InChI is InChI=1S/C19H28ClN3O2/c1-3-16(25-18-7-5-4-6-17(18)20)14-23-19(21-2)22-11-8-15-9-12-24-13-10-15/h4-7,9,16H,3,8,10-14H2,1-2H3,(H2,21,22,23). The van der Waals surface area contributed by atoms with Crippen molar-refractivity contribution < 1.29 is 9.47 Å². The van der Waals surface area contributed by atoms with Gasteiger partial charge in [0.1, 0.15) is 11.9 Å². The van der Waals surface area contributed by atoms with Crippen molar-refractivity contribution in [1.29, 1.82) is 0 Å². The van der Waals surface area contributed by atoms with Crippen molar-refractivity contribution in [2.45, 2.75) is 32.3 Å². The Kier molecular flexibility index (Phi) is 8.63. The van der Waals surface area contributed by atoms with Crippen LogP contribution in [0.2, 0.25) is 5.02 Å². The Bertz CT molecular complexity index is 590. The predicted molar refractivity (Wildman–Crippen MR) is 104 cm³/mol. The second-order valence-corrected chi connectivity index (χ2v) is 6.30. The van der Waals surface area contributed by atoms with Gasteiger partial charge in [0.2, 0.25) is 0 Å². The van der Waals surface area contributed by atoms with E-state index in [0.717, 1.165) is 45.0 Å². The van der Waals surface area contributed by atoms with Crippen LogP contribution < -0.4 is 15.4 Å². The lowest BCUT2D eigenvalue weighted by Crippen LogP contribution is -2.42. The van der Waals surface area contributed by atoms with Gasteiger partial charge in [0, 0.05) is 13.6 Å². The van der Waals surface area contributed by atoms with Crippen molar-refractivity contribution in [2.75, 3.05) is 33.4 Å². The summed E-state index contributed by atoms with van der Waals surface area (Å²) in [6, 6.07) is 7.54. The van der Waals surface area contributed by atoms with Crippen LogP contribution in [0.25, 0.3) is 0 Å². The highest BCUT2D eigenvalue weighted by Gasteiger charge is 2.11. The first-order valence-electron chi connectivity index (χ1n) is 8.84. The number of aliphatic imine (C=N–C) groups is 1. The average Bonchev–Trinajstić information content (AvgIpc) is 2.65. The Labute approximate surface area is 155 Å². The third kappa shape index (κ3) is 6.96. The maximum Gasteiger partial charge on any atom is 0.191 e. The molecule has 1 aliphatic heterocycles. The minimum absolute atomic E-state index is 0.0247. The highest BCUT2D eigenvalue weighted by Crippen LogP contribution is 2.24. The van der Waals surface area contributed by atoms with Crippen LogP contribution in [-0.4, -0.2) is 45.4 Å². The lowest BCUT2D eigenvalue weighted by atomic mass is 10.1. The lowest BCUT2D eigenvalue weighted by molar-refractivity contribution is 0.153. The second kappa shape index (κ2) is 11.0. The minimum Gasteiger partial charge on any atom is -0.487 e. The Morgan fingerprint density at radius 2 is 2.20 bits per heavy atom. The van der Waals surface area contributed by atoms with E-state index in [1.54, 1.807) is 7.05 Å². The fourth-order valence-corrected chi connectivity index (χ4v) is 2.73. The molecule has 25 heavy (non-hydrogen) atoms. The molecule has 1 aliphatic rings. The topological polar surface area (TPSA) is 54.9 Å².